The Labute approximate surface area is 124 Å². The van der Waals surface area contributed by atoms with Gasteiger partial charge < -0.3 is 10.1 Å². The average molecular weight is 319 g/mol. The van der Waals surface area contributed by atoms with Gasteiger partial charge in [0.2, 0.25) is 5.95 Å². The van der Waals surface area contributed by atoms with E-state index in [4.69, 9.17) is 4.74 Å². The number of nitrogens with zero attached hydrogens (tertiary/aromatic N) is 2. The van der Waals surface area contributed by atoms with E-state index in [0.717, 1.165) is 43.0 Å². The molecule has 2 aliphatic rings. The third-order valence-electron chi connectivity index (χ3n) is 3.84. The second-order valence-corrected chi connectivity index (χ2v) is 6.54. The zero-order chi connectivity index (χ0) is 14.9. The summed E-state index contributed by atoms with van der Waals surface area (Å²) in [6, 6.07) is 0.936. The van der Waals surface area contributed by atoms with Crippen molar-refractivity contribution in [1.82, 2.24) is 9.97 Å². The quantitative estimate of drug-likeness (QED) is 0.908. The Morgan fingerprint density at radius 1 is 1.43 bits per heavy atom. The molecule has 2 saturated heterocycles. The Hall–Kier alpha value is -1.02. The van der Waals surface area contributed by atoms with Gasteiger partial charge in [-0.1, -0.05) is 0 Å². The number of nitrogens with one attached hydrogen (secondary N) is 1. The molecule has 0 unspecified atom stereocenters. The Balaban J connectivity index is 1.69. The van der Waals surface area contributed by atoms with Crippen LogP contribution in [0.2, 0.25) is 0 Å². The summed E-state index contributed by atoms with van der Waals surface area (Å²) < 4.78 is 43.8. The van der Waals surface area contributed by atoms with Crippen LogP contribution in [0.5, 0.6) is 0 Å². The molecule has 1 spiro atoms. The van der Waals surface area contributed by atoms with Gasteiger partial charge in [-0.05, 0) is 31.1 Å². The van der Waals surface area contributed by atoms with E-state index in [-0.39, 0.29) is 17.6 Å². The summed E-state index contributed by atoms with van der Waals surface area (Å²) in [5.41, 5.74) is -1.04. The van der Waals surface area contributed by atoms with Gasteiger partial charge >= 0.3 is 6.18 Å². The molecule has 0 aliphatic carbocycles. The molecule has 2 fully saturated rings. The summed E-state index contributed by atoms with van der Waals surface area (Å²) in [5, 5.41) is 3.03. The number of alkyl halides is 3. The van der Waals surface area contributed by atoms with Crippen molar-refractivity contribution in [2.45, 2.75) is 37.1 Å². The van der Waals surface area contributed by atoms with Crippen molar-refractivity contribution in [1.29, 1.82) is 0 Å². The maximum Gasteiger partial charge on any atom is 0.433 e. The van der Waals surface area contributed by atoms with Gasteiger partial charge in [0.05, 0.1) is 5.60 Å². The van der Waals surface area contributed by atoms with Gasteiger partial charge in [0, 0.05) is 24.6 Å². The molecule has 8 heteroatoms. The van der Waals surface area contributed by atoms with E-state index < -0.39 is 11.9 Å². The number of thioether (sulfide) groups is 1. The molecule has 0 bridgehead atoms. The summed E-state index contributed by atoms with van der Waals surface area (Å²) in [6.07, 6.45) is -0.762. The summed E-state index contributed by atoms with van der Waals surface area (Å²) in [4.78, 5) is 7.45. The van der Waals surface area contributed by atoms with Crippen LogP contribution in [0.4, 0.5) is 19.1 Å². The van der Waals surface area contributed by atoms with Crippen LogP contribution in [0.1, 0.15) is 25.0 Å². The second-order valence-electron chi connectivity index (χ2n) is 5.43. The lowest BCUT2D eigenvalue weighted by molar-refractivity contribution is -0.141. The first kappa shape index (κ1) is 14.9. The molecule has 2 atom stereocenters. The van der Waals surface area contributed by atoms with E-state index in [1.165, 1.54) is 0 Å². The molecule has 116 valence electrons. The van der Waals surface area contributed by atoms with Gasteiger partial charge in [-0.15, -0.1) is 0 Å². The number of anilines is 1. The molecule has 0 aromatic carbocycles. The molecular weight excluding hydrogens is 303 g/mol. The normalized spacial score (nSPS) is 29.8. The van der Waals surface area contributed by atoms with Crippen LogP contribution in [0.25, 0.3) is 0 Å². The van der Waals surface area contributed by atoms with Gasteiger partial charge in [0.25, 0.3) is 0 Å². The highest BCUT2D eigenvalue weighted by Crippen LogP contribution is 2.38. The van der Waals surface area contributed by atoms with Crippen LogP contribution in [-0.4, -0.2) is 39.7 Å². The van der Waals surface area contributed by atoms with E-state index in [1.807, 2.05) is 11.8 Å². The smallest absolute Gasteiger partial charge is 0.374 e. The van der Waals surface area contributed by atoms with E-state index >= 15 is 0 Å². The van der Waals surface area contributed by atoms with E-state index in [9.17, 15) is 13.2 Å². The maximum atomic E-state index is 12.6. The largest absolute Gasteiger partial charge is 0.433 e. The lowest BCUT2D eigenvalue weighted by Crippen LogP contribution is -2.44. The van der Waals surface area contributed by atoms with Gasteiger partial charge in [-0.3, -0.25) is 0 Å². The van der Waals surface area contributed by atoms with Gasteiger partial charge in [-0.25, -0.2) is 9.97 Å². The monoisotopic (exact) mass is 319 g/mol. The Kier molecular flexibility index (Phi) is 4.00. The highest BCUT2D eigenvalue weighted by molar-refractivity contribution is 7.99. The van der Waals surface area contributed by atoms with Crippen molar-refractivity contribution in [3.8, 4) is 0 Å². The van der Waals surface area contributed by atoms with Gasteiger partial charge in [-0.2, -0.15) is 24.9 Å². The molecule has 1 aromatic rings. The fourth-order valence-corrected chi connectivity index (χ4v) is 4.16. The number of halogens is 3. The zero-order valence-corrected chi connectivity index (χ0v) is 12.1. The fraction of sp³-hybridized carbons (Fsp3) is 0.692. The first-order chi connectivity index (χ1) is 9.97. The first-order valence-electron chi connectivity index (χ1n) is 6.85. The van der Waals surface area contributed by atoms with Gasteiger partial charge in [0.15, 0.2) is 0 Å². The third kappa shape index (κ3) is 3.42. The molecule has 3 rings (SSSR count). The fourth-order valence-electron chi connectivity index (χ4n) is 2.78. The number of rotatable bonds is 2. The standard InChI is InChI=1S/C13H16F3N3OS/c14-13(15,16)10-1-4-17-11(19-10)18-9-2-5-20-12(7-9)3-6-21-8-12/h1,4,9H,2-3,5-8H2,(H,17,18,19)/t9-,12-/m1/s1. The number of hydrogen-bond acceptors (Lipinski definition) is 5. The highest BCUT2D eigenvalue weighted by Gasteiger charge is 2.40. The summed E-state index contributed by atoms with van der Waals surface area (Å²) in [7, 11) is 0. The average Bonchev–Trinajstić information content (AvgIpc) is 2.86. The van der Waals surface area contributed by atoms with Crippen LogP contribution in [0, 0.1) is 0 Å². The van der Waals surface area contributed by atoms with Crippen LogP contribution in [-0.2, 0) is 10.9 Å². The summed E-state index contributed by atoms with van der Waals surface area (Å²) >= 11 is 1.86. The third-order valence-corrected chi connectivity index (χ3v) is 5.06. The molecular formula is C13H16F3N3OS. The maximum absolute atomic E-state index is 12.6. The Morgan fingerprint density at radius 2 is 2.29 bits per heavy atom. The van der Waals surface area contributed by atoms with Crippen LogP contribution < -0.4 is 5.32 Å². The predicted octanol–water partition coefficient (Wildman–Crippen LogP) is 2.96. The molecule has 4 nitrogen and oxygen atoms in total. The minimum atomic E-state index is -4.45. The van der Waals surface area contributed by atoms with Crippen molar-refractivity contribution in [2.75, 3.05) is 23.4 Å². The Bertz CT molecular complexity index is 506. The highest BCUT2D eigenvalue weighted by atomic mass is 32.2. The van der Waals surface area contributed by atoms with Crippen molar-refractivity contribution in [3.63, 3.8) is 0 Å². The zero-order valence-electron chi connectivity index (χ0n) is 11.3. The van der Waals surface area contributed by atoms with Crippen LogP contribution >= 0.6 is 11.8 Å². The Morgan fingerprint density at radius 3 is 3.00 bits per heavy atom. The lowest BCUT2D eigenvalue weighted by atomic mass is 9.90. The molecule has 1 aromatic heterocycles. The molecule has 0 radical (unpaired) electrons. The molecule has 21 heavy (non-hydrogen) atoms. The number of hydrogen-bond donors (Lipinski definition) is 1. The molecule has 3 heterocycles. The van der Waals surface area contributed by atoms with Crippen LogP contribution in [0.3, 0.4) is 0 Å². The van der Waals surface area contributed by atoms with E-state index in [0.29, 0.717) is 6.61 Å². The minimum absolute atomic E-state index is 0.0394. The molecule has 0 saturated carbocycles. The first-order valence-corrected chi connectivity index (χ1v) is 8.01. The molecule has 0 amide bonds. The molecule has 2 aliphatic heterocycles. The summed E-state index contributed by atoms with van der Waals surface area (Å²) in [6.45, 7) is 0.622. The number of aromatic nitrogens is 2. The van der Waals surface area contributed by atoms with Crippen molar-refractivity contribution in [3.05, 3.63) is 18.0 Å². The minimum Gasteiger partial charge on any atom is -0.374 e. The van der Waals surface area contributed by atoms with Crippen molar-refractivity contribution in [2.24, 2.45) is 0 Å². The van der Waals surface area contributed by atoms with E-state index in [1.54, 1.807) is 0 Å². The summed E-state index contributed by atoms with van der Waals surface area (Å²) in [5.74, 6) is 2.07. The van der Waals surface area contributed by atoms with E-state index in [2.05, 4.69) is 15.3 Å². The topological polar surface area (TPSA) is 47.0 Å². The SMILES string of the molecule is FC(F)(F)c1ccnc(N[C@@H]2CCO[C@]3(CCSC3)C2)n1. The number of ether oxygens (including phenoxy) is 1. The molecule has 1 N–H and O–H groups in total. The predicted molar refractivity (Wildman–Crippen MR) is 74.3 cm³/mol. The second kappa shape index (κ2) is 5.64. The van der Waals surface area contributed by atoms with Crippen LogP contribution in [0.15, 0.2) is 12.3 Å². The van der Waals surface area contributed by atoms with Gasteiger partial charge in [0.1, 0.15) is 5.69 Å². The van der Waals surface area contributed by atoms with Crippen molar-refractivity contribution < 1.29 is 17.9 Å². The van der Waals surface area contributed by atoms with Crippen molar-refractivity contribution >= 4 is 17.7 Å². The lowest BCUT2D eigenvalue weighted by Gasteiger charge is -2.38.